The molecule has 0 saturated carbocycles. The molecule has 0 aromatic heterocycles. The van der Waals surface area contributed by atoms with E-state index in [2.05, 4.69) is 76.3 Å². The van der Waals surface area contributed by atoms with Gasteiger partial charge in [-0.15, -0.1) is 24.0 Å². The molecule has 148 valence electrons. The number of guanidine groups is 1. The third-order valence-electron chi connectivity index (χ3n) is 5.08. The number of benzene rings is 1. The fourth-order valence-electron chi connectivity index (χ4n) is 3.31. The molecule has 1 fully saturated rings. The maximum Gasteiger partial charge on any atom is 0.193 e. The maximum absolute atomic E-state index is 5.45. The predicted molar refractivity (Wildman–Crippen MR) is 125 cm³/mol. The van der Waals surface area contributed by atoms with E-state index in [1.807, 2.05) is 7.05 Å². The van der Waals surface area contributed by atoms with Crippen molar-refractivity contribution in [2.45, 2.75) is 38.5 Å². The van der Waals surface area contributed by atoms with E-state index in [9.17, 15) is 0 Å². The van der Waals surface area contributed by atoms with Crippen LogP contribution in [0.25, 0.3) is 0 Å². The number of nitrogens with one attached hydrogen (secondary N) is 1. The van der Waals surface area contributed by atoms with Gasteiger partial charge in [-0.1, -0.05) is 48.0 Å². The van der Waals surface area contributed by atoms with Crippen LogP contribution >= 0.6 is 39.9 Å². The lowest BCUT2D eigenvalue weighted by Gasteiger charge is -2.31. The average Bonchev–Trinajstić information content (AvgIpc) is 2.61. The molecule has 0 spiro atoms. The smallest absolute Gasteiger partial charge is 0.193 e. The highest BCUT2D eigenvalue weighted by molar-refractivity contribution is 14.0. The van der Waals surface area contributed by atoms with Crippen LogP contribution in [0.5, 0.6) is 0 Å². The number of nitrogens with zero attached hydrogens (tertiary/aromatic N) is 2. The Kier molecular flexibility index (Phi) is 10.5. The van der Waals surface area contributed by atoms with E-state index < -0.39 is 0 Å². The predicted octanol–water partition coefficient (Wildman–Crippen LogP) is 4.67. The van der Waals surface area contributed by atoms with E-state index in [4.69, 9.17) is 4.74 Å². The number of ether oxygens (including phenoxy) is 1. The van der Waals surface area contributed by atoms with Crippen LogP contribution in [-0.4, -0.2) is 51.3 Å². The molecule has 6 heteroatoms. The van der Waals surface area contributed by atoms with Gasteiger partial charge < -0.3 is 15.0 Å². The summed E-state index contributed by atoms with van der Waals surface area (Å²) < 4.78 is 6.61. The van der Waals surface area contributed by atoms with Gasteiger partial charge in [0.15, 0.2) is 5.96 Å². The van der Waals surface area contributed by atoms with Gasteiger partial charge in [0.2, 0.25) is 0 Å². The van der Waals surface area contributed by atoms with E-state index in [1.165, 1.54) is 24.8 Å². The fraction of sp³-hybridized carbons (Fsp3) is 0.650. The van der Waals surface area contributed by atoms with Crippen LogP contribution in [0.3, 0.4) is 0 Å². The Morgan fingerprint density at radius 3 is 2.58 bits per heavy atom. The molecule has 2 rings (SSSR count). The van der Waals surface area contributed by atoms with Gasteiger partial charge in [0.1, 0.15) is 0 Å². The third-order valence-corrected chi connectivity index (χ3v) is 5.77. The second kappa shape index (κ2) is 11.5. The van der Waals surface area contributed by atoms with Gasteiger partial charge in [0.25, 0.3) is 0 Å². The van der Waals surface area contributed by atoms with Crippen molar-refractivity contribution in [2.75, 3.05) is 40.4 Å². The third kappa shape index (κ3) is 7.00. The SMILES string of the molecule is CN=C(NCC(C)(C)c1ccccc1Br)N(C)CCC1CCOCC1.I. The first-order chi connectivity index (χ1) is 11.9. The Hall–Kier alpha value is -0.340. The molecule has 0 unspecified atom stereocenters. The van der Waals surface area contributed by atoms with Gasteiger partial charge in [-0.3, -0.25) is 4.99 Å². The van der Waals surface area contributed by atoms with Crippen LogP contribution in [0.4, 0.5) is 0 Å². The van der Waals surface area contributed by atoms with Gasteiger partial charge >= 0.3 is 0 Å². The number of hydrogen-bond acceptors (Lipinski definition) is 2. The minimum atomic E-state index is 0. The van der Waals surface area contributed by atoms with Crippen molar-refractivity contribution in [2.24, 2.45) is 10.9 Å². The van der Waals surface area contributed by atoms with Crippen LogP contribution in [0.15, 0.2) is 33.7 Å². The molecule has 1 aromatic carbocycles. The van der Waals surface area contributed by atoms with E-state index in [0.29, 0.717) is 0 Å². The Balaban J connectivity index is 0.00000338. The van der Waals surface area contributed by atoms with Crippen molar-refractivity contribution in [1.82, 2.24) is 10.2 Å². The summed E-state index contributed by atoms with van der Waals surface area (Å²) in [5, 5.41) is 3.55. The molecule has 1 aliphatic heterocycles. The molecule has 1 saturated heterocycles. The molecule has 4 nitrogen and oxygen atoms in total. The first-order valence-corrected chi connectivity index (χ1v) is 9.98. The quantitative estimate of drug-likeness (QED) is 0.325. The monoisotopic (exact) mass is 537 g/mol. The average molecular weight is 538 g/mol. The normalized spacial score (nSPS) is 16.1. The zero-order chi connectivity index (χ0) is 18.3. The Morgan fingerprint density at radius 1 is 1.31 bits per heavy atom. The highest BCUT2D eigenvalue weighted by Crippen LogP contribution is 2.29. The summed E-state index contributed by atoms with van der Waals surface area (Å²) in [4.78, 5) is 6.71. The van der Waals surface area contributed by atoms with Crippen LogP contribution in [0, 0.1) is 5.92 Å². The lowest BCUT2D eigenvalue weighted by atomic mass is 9.84. The summed E-state index contributed by atoms with van der Waals surface area (Å²) in [6.45, 7) is 8.22. The highest BCUT2D eigenvalue weighted by Gasteiger charge is 2.24. The lowest BCUT2D eigenvalue weighted by molar-refractivity contribution is 0.0625. The first kappa shape index (κ1) is 23.7. The largest absolute Gasteiger partial charge is 0.381 e. The summed E-state index contributed by atoms with van der Waals surface area (Å²) in [7, 11) is 3.98. The molecular formula is C20H33BrIN3O. The van der Waals surface area contributed by atoms with Crippen molar-refractivity contribution in [3.05, 3.63) is 34.3 Å². The lowest BCUT2D eigenvalue weighted by Crippen LogP contribution is -2.45. The van der Waals surface area contributed by atoms with Crippen LogP contribution in [0.1, 0.15) is 38.7 Å². The second-order valence-electron chi connectivity index (χ2n) is 7.53. The molecule has 26 heavy (non-hydrogen) atoms. The summed E-state index contributed by atoms with van der Waals surface area (Å²) in [6.07, 6.45) is 3.58. The zero-order valence-electron chi connectivity index (χ0n) is 16.4. The Morgan fingerprint density at radius 2 is 1.96 bits per heavy atom. The van der Waals surface area contributed by atoms with Crippen molar-refractivity contribution in [1.29, 1.82) is 0 Å². The van der Waals surface area contributed by atoms with Crippen molar-refractivity contribution >= 4 is 45.9 Å². The summed E-state index contributed by atoms with van der Waals surface area (Å²) in [5.41, 5.74) is 1.32. The van der Waals surface area contributed by atoms with Crippen LogP contribution in [0.2, 0.25) is 0 Å². The molecule has 1 N–H and O–H groups in total. The standard InChI is InChI=1S/C20H32BrN3O.HI/c1-20(2,17-7-5-6-8-18(17)21)15-23-19(22-3)24(4)12-9-16-10-13-25-14-11-16;/h5-8,16H,9-15H2,1-4H3,(H,22,23);1H. The van der Waals surface area contributed by atoms with Gasteiger partial charge in [-0.25, -0.2) is 0 Å². The number of rotatable bonds is 6. The minimum Gasteiger partial charge on any atom is -0.381 e. The topological polar surface area (TPSA) is 36.9 Å². The molecule has 1 aliphatic rings. The van der Waals surface area contributed by atoms with E-state index in [1.54, 1.807) is 0 Å². The van der Waals surface area contributed by atoms with Crippen LogP contribution < -0.4 is 5.32 Å². The molecule has 0 aliphatic carbocycles. The van der Waals surface area contributed by atoms with Gasteiger partial charge in [-0.05, 0) is 36.8 Å². The van der Waals surface area contributed by atoms with E-state index in [-0.39, 0.29) is 29.4 Å². The summed E-state index contributed by atoms with van der Waals surface area (Å²) >= 11 is 3.68. The number of aliphatic imine (C=N–C) groups is 1. The number of hydrogen-bond donors (Lipinski definition) is 1. The molecule has 1 heterocycles. The Bertz CT molecular complexity index is 574. The summed E-state index contributed by atoms with van der Waals surface area (Å²) in [5.74, 6) is 1.75. The van der Waals surface area contributed by atoms with Crippen molar-refractivity contribution < 1.29 is 4.74 Å². The van der Waals surface area contributed by atoms with Gasteiger partial charge in [0.05, 0.1) is 0 Å². The number of halogens is 2. The highest BCUT2D eigenvalue weighted by atomic mass is 127. The van der Waals surface area contributed by atoms with E-state index >= 15 is 0 Å². The molecular weight excluding hydrogens is 505 g/mol. The molecule has 0 radical (unpaired) electrons. The first-order valence-electron chi connectivity index (χ1n) is 9.18. The van der Waals surface area contributed by atoms with Crippen LogP contribution in [-0.2, 0) is 10.2 Å². The van der Waals surface area contributed by atoms with Gasteiger partial charge in [0, 0.05) is 50.3 Å². The molecule has 0 bridgehead atoms. The maximum atomic E-state index is 5.45. The fourth-order valence-corrected chi connectivity index (χ4v) is 4.13. The molecule has 1 aromatic rings. The minimum absolute atomic E-state index is 0. The summed E-state index contributed by atoms with van der Waals surface area (Å²) in [6, 6.07) is 8.44. The second-order valence-corrected chi connectivity index (χ2v) is 8.38. The zero-order valence-corrected chi connectivity index (χ0v) is 20.3. The van der Waals surface area contributed by atoms with Crippen molar-refractivity contribution in [3.8, 4) is 0 Å². The molecule has 0 atom stereocenters. The Labute approximate surface area is 184 Å². The van der Waals surface area contributed by atoms with Gasteiger partial charge in [-0.2, -0.15) is 0 Å². The molecule has 0 amide bonds. The van der Waals surface area contributed by atoms with E-state index in [0.717, 1.165) is 42.7 Å². The van der Waals surface area contributed by atoms with Crippen molar-refractivity contribution in [3.63, 3.8) is 0 Å².